The van der Waals surface area contributed by atoms with E-state index in [2.05, 4.69) is 32.0 Å². The van der Waals surface area contributed by atoms with E-state index in [1.165, 1.54) is 31.2 Å². The molecular weight excluding hydrogens is 282 g/mol. The van der Waals surface area contributed by atoms with Crippen molar-refractivity contribution in [2.75, 3.05) is 6.61 Å². The van der Waals surface area contributed by atoms with Crippen LogP contribution in [0.4, 0.5) is 0 Å². The van der Waals surface area contributed by atoms with Crippen molar-refractivity contribution >= 4 is 0 Å². The van der Waals surface area contributed by atoms with Crippen LogP contribution >= 0.6 is 0 Å². The number of benzene rings is 1. The summed E-state index contributed by atoms with van der Waals surface area (Å²) in [5, 5.41) is 9.18. The lowest BCUT2D eigenvalue weighted by Crippen LogP contribution is -2.48. The zero-order valence-corrected chi connectivity index (χ0v) is 14.1. The molecule has 0 amide bonds. The fourth-order valence-corrected chi connectivity index (χ4v) is 6.84. The Labute approximate surface area is 138 Å². The Bertz CT molecular complexity index is 713. The van der Waals surface area contributed by atoms with Gasteiger partial charge < -0.3 is 4.74 Å². The Balaban J connectivity index is 1.57. The Morgan fingerprint density at radius 1 is 1.30 bits per heavy atom. The van der Waals surface area contributed by atoms with Gasteiger partial charge in [0.1, 0.15) is 0 Å². The standard InChI is InChI=1S/C21H25NO/c1-13-10-20(2)18(7-8-21(20)12-23-21)17-6-4-15-9-14(11-22)3-5-16(15)19(13)17/h3,5,9,13,17-19H,4,6-8,10,12H2,1-2H3/t13-,17?,18?,19?,20-,21+/m0/s1. The van der Waals surface area contributed by atoms with Gasteiger partial charge in [-0.1, -0.05) is 19.9 Å². The number of fused-ring (bicyclic) bond motifs is 6. The molecule has 3 fully saturated rings. The van der Waals surface area contributed by atoms with Gasteiger partial charge in [-0.3, -0.25) is 0 Å². The first-order chi connectivity index (χ1) is 11.1. The van der Waals surface area contributed by atoms with E-state index in [9.17, 15) is 5.26 Å². The van der Waals surface area contributed by atoms with Crippen molar-refractivity contribution in [1.29, 1.82) is 5.26 Å². The molecular formula is C21H25NO. The molecule has 6 atom stereocenters. The third-order valence-electron chi connectivity index (χ3n) is 7.93. The van der Waals surface area contributed by atoms with Crippen LogP contribution in [0.3, 0.4) is 0 Å². The summed E-state index contributed by atoms with van der Waals surface area (Å²) in [6.07, 6.45) is 6.39. The summed E-state index contributed by atoms with van der Waals surface area (Å²) in [6.45, 7) is 5.99. The van der Waals surface area contributed by atoms with Crippen molar-refractivity contribution in [1.82, 2.24) is 0 Å². The highest BCUT2D eigenvalue weighted by Gasteiger charge is 2.69. The predicted octanol–water partition coefficient (Wildman–Crippen LogP) is 4.43. The van der Waals surface area contributed by atoms with Crippen LogP contribution in [0.5, 0.6) is 0 Å². The SMILES string of the molecule is C[C@H]1C[C@@]2(C)C(CC[C@@]23CO3)C2CCc3cc(C#N)ccc3C21. The minimum atomic E-state index is 0.238. The van der Waals surface area contributed by atoms with Gasteiger partial charge in [-0.05, 0) is 79.0 Å². The number of hydrogen-bond donors (Lipinski definition) is 0. The van der Waals surface area contributed by atoms with Crippen LogP contribution in [0.1, 0.15) is 62.1 Å². The summed E-state index contributed by atoms with van der Waals surface area (Å²) in [4.78, 5) is 0. The smallest absolute Gasteiger partial charge is 0.0991 e. The molecule has 2 nitrogen and oxygen atoms in total. The number of nitrogens with zero attached hydrogens (tertiary/aromatic N) is 1. The predicted molar refractivity (Wildman–Crippen MR) is 89.0 cm³/mol. The molecule has 120 valence electrons. The molecule has 1 spiro atoms. The van der Waals surface area contributed by atoms with E-state index in [0.29, 0.717) is 17.3 Å². The maximum Gasteiger partial charge on any atom is 0.0991 e. The molecule has 1 aromatic carbocycles. The summed E-state index contributed by atoms with van der Waals surface area (Å²) in [5.41, 5.74) is 4.45. The topological polar surface area (TPSA) is 36.3 Å². The van der Waals surface area contributed by atoms with Crippen LogP contribution in [0.2, 0.25) is 0 Å². The molecule has 2 saturated carbocycles. The quantitative estimate of drug-likeness (QED) is 0.665. The van der Waals surface area contributed by atoms with E-state index in [-0.39, 0.29) is 5.60 Å². The molecule has 5 rings (SSSR count). The number of nitriles is 1. The first-order valence-electron chi connectivity index (χ1n) is 9.25. The summed E-state index contributed by atoms with van der Waals surface area (Å²) in [7, 11) is 0. The fourth-order valence-electron chi connectivity index (χ4n) is 6.84. The van der Waals surface area contributed by atoms with E-state index < -0.39 is 0 Å². The molecule has 1 aromatic rings. The van der Waals surface area contributed by atoms with Crippen LogP contribution in [-0.4, -0.2) is 12.2 Å². The molecule has 4 aliphatic rings. The van der Waals surface area contributed by atoms with Crippen molar-refractivity contribution in [3.8, 4) is 6.07 Å². The molecule has 2 heteroatoms. The van der Waals surface area contributed by atoms with Gasteiger partial charge in [-0.15, -0.1) is 0 Å². The molecule has 1 saturated heterocycles. The number of aryl methyl sites for hydroxylation is 1. The van der Waals surface area contributed by atoms with Crippen molar-refractivity contribution in [3.05, 3.63) is 34.9 Å². The van der Waals surface area contributed by atoms with E-state index in [4.69, 9.17) is 4.74 Å². The van der Waals surface area contributed by atoms with Crippen molar-refractivity contribution in [2.24, 2.45) is 23.2 Å². The van der Waals surface area contributed by atoms with E-state index >= 15 is 0 Å². The average molecular weight is 307 g/mol. The highest BCUT2D eigenvalue weighted by atomic mass is 16.6. The molecule has 1 aliphatic heterocycles. The number of hydrogen-bond acceptors (Lipinski definition) is 2. The number of epoxide rings is 1. The summed E-state index contributed by atoms with van der Waals surface area (Å²) >= 11 is 0. The van der Waals surface area contributed by atoms with Gasteiger partial charge in [0.05, 0.1) is 23.8 Å². The normalized spacial score (nSPS) is 46.7. The van der Waals surface area contributed by atoms with E-state index in [0.717, 1.165) is 30.4 Å². The van der Waals surface area contributed by atoms with Crippen LogP contribution in [0, 0.1) is 34.5 Å². The lowest BCUT2D eigenvalue weighted by atomic mass is 9.51. The van der Waals surface area contributed by atoms with Crippen molar-refractivity contribution in [3.63, 3.8) is 0 Å². The first-order valence-corrected chi connectivity index (χ1v) is 9.25. The van der Waals surface area contributed by atoms with Gasteiger partial charge in [0.2, 0.25) is 0 Å². The summed E-state index contributed by atoms with van der Waals surface area (Å²) in [5.74, 6) is 3.05. The minimum Gasteiger partial charge on any atom is -0.369 e. The zero-order chi connectivity index (χ0) is 15.8. The van der Waals surface area contributed by atoms with Crippen molar-refractivity contribution in [2.45, 2.75) is 57.5 Å². The summed E-state index contributed by atoms with van der Waals surface area (Å²) < 4.78 is 6.02. The van der Waals surface area contributed by atoms with E-state index in [1.54, 1.807) is 5.56 Å². The Morgan fingerprint density at radius 3 is 2.87 bits per heavy atom. The lowest BCUT2D eigenvalue weighted by Gasteiger charge is -2.53. The molecule has 3 aliphatic carbocycles. The van der Waals surface area contributed by atoms with Gasteiger partial charge in [0.15, 0.2) is 0 Å². The monoisotopic (exact) mass is 307 g/mol. The molecule has 0 radical (unpaired) electrons. The minimum absolute atomic E-state index is 0.238. The maximum atomic E-state index is 9.18. The maximum absolute atomic E-state index is 9.18. The van der Waals surface area contributed by atoms with Gasteiger partial charge in [-0.2, -0.15) is 5.26 Å². The second-order valence-corrected chi connectivity index (χ2v) is 8.78. The number of rotatable bonds is 0. The molecule has 3 unspecified atom stereocenters. The molecule has 23 heavy (non-hydrogen) atoms. The van der Waals surface area contributed by atoms with Crippen LogP contribution in [0.25, 0.3) is 0 Å². The Morgan fingerprint density at radius 2 is 2.13 bits per heavy atom. The lowest BCUT2D eigenvalue weighted by molar-refractivity contribution is -0.0160. The molecule has 1 heterocycles. The fraction of sp³-hybridized carbons (Fsp3) is 0.667. The van der Waals surface area contributed by atoms with Crippen LogP contribution in [-0.2, 0) is 11.2 Å². The second kappa shape index (κ2) is 4.39. The van der Waals surface area contributed by atoms with Crippen LogP contribution < -0.4 is 0 Å². The zero-order valence-electron chi connectivity index (χ0n) is 14.1. The largest absolute Gasteiger partial charge is 0.369 e. The van der Waals surface area contributed by atoms with Gasteiger partial charge >= 0.3 is 0 Å². The van der Waals surface area contributed by atoms with E-state index in [1.807, 2.05) is 6.07 Å². The third-order valence-corrected chi connectivity index (χ3v) is 7.93. The van der Waals surface area contributed by atoms with Gasteiger partial charge in [-0.25, -0.2) is 0 Å². The third kappa shape index (κ3) is 1.67. The number of ether oxygens (including phenoxy) is 1. The first kappa shape index (κ1) is 14.1. The highest BCUT2D eigenvalue weighted by molar-refractivity contribution is 5.43. The Hall–Kier alpha value is -1.33. The average Bonchev–Trinajstić information content (AvgIpc) is 3.29. The van der Waals surface area contributed by atoms with Gasteiger partial charge in [0.25, 0.3) is 0 Å². The van der Waals surface area contributed by atoms with Gasteiger partial charge in [0, 0.05) is 5.41 Å². The Kier molecular flexibility index (Phi) is 2.68. The molecule has 0 bridgehead atoms. The van der Waals surface area contributed by atoms with Crippen LogP contribution in [0.15, 0.2) is 18.2 Å². The second-order valence-electron chi connectivity index (χ2n) is 8.78. The summed E-state index contributed by atoms with van der Waals surface area (Å²) in [6, 6.07) is 8.75. The molecule has 0 N–H and O–H groups in total. The van der Waals surface area contributed by atoms with Crippen molar-refractivity contribution < 1.29 is 4.74 Å². The molecule has 0 aromatic heterocycles. The highest BCUT2D eigenvalue weighted by Crippen LogP contribution is 2.69.